The number of amides is 1. The van der Waals surface area contributed by atoms with Gasteiger partial charge in [-0.05, 0) is 36.4 Å². The summed E-state index contributed by atoms with van der Waals surface area (Å²) in [6.07, 6.45) is 0.829. The van der Waals surface area contributed by atoms with Gasteiger partial charge in [-0.15, -0.1) is 0 Å². The predicted octanol–water partition coefficient (Wildman–Crippen LogP) is 3.79. The van der Waals surface area contributed by atoms with E-state index in [-0.39, 0.29) is 11.3 Å². The van der Waals surface area contributed by atoms with Crippen LogP contribution in [0.2, 0.25) is 0 Å². The van der Waals surface area contributed by atoms with Gasteiger partial charge in [0.2, 0.25) is 0 Å². The first-order chi connectivity index (χ1) is 10.9. The van der Waals surface area contributed by atoms with Gasteiger partial charge >= 0.3 is 0 Å². The molecule has 0 saturated heterocycles. The predicted molar refractivity (Wildman–Crippen MR) is 74.9 cm³/mol. The Morgan fingerprint density at radius 2 is 1.65 bits per heavy atom. The number of hydrogen-bond acceptors (Lipinski definition) is 2. The molecule has 0 aromatic heterocycles. The van der Waals surface area contributed by atoms with Gasteiger partial charge in [0.25, 0.3) is 5.91 Å². The van der Waals surface area contributed by atoms with Gasteiger partial charge in [0.15, 0.2) is 0 Å². The molecule has 2 aromatic rings. The molecule has 0 aliphatic rings. The summed E-state index contributed by atoms with van der Waals surface area (Å²) >= 11 is 0. The summed E-state index contributed by atoms with van der Waals surface area (Å²) in [5.41, 5.74) is -1.23. The van der Waals surface area contributed by atoms with Crippen LogP contribution in [0.5, 0.6) is 0 Å². The molecular weight excluding hydrogens is 312 g/mol. The Bertz CT molecular complexity index is 840. The van der Waals surface area contributed by atoms with E-state index in [2.05, 4.69) is 5.32 Å². The van der Waals surface area contributed by atoms with Gasteiger partial charge < -0.3 is 5.32 Å². The fourth-order valence-electron chi connectivity index (χ4n) is 1.71. The third-order valence-corrected chi connectivity index (χ3v) is 2.80. The molecule has 23 heavy (non-hydrogen) atoms. The van der Waals surface area contributed by atoms with E-state index in [0.29, 0.717) is 6.07 Å². The Labute approximate surface area is 128 Å². The second kappa shape index (κ2) is 6.75. The summed E-state index contributed by atoms with van der Waals surface area (Å²) in [7, 11) is 0. The Balaban J connectivity index is 2.30. The molecule has 1 amide bonds. The summed E-state index contributed by atoms with van der Waals surface area (Å²) in [5, 5.41) is 11.0. The standard InChI is InChI=1S/C16H8F4N2O/c17-11-1-3-13(19)9(6-11)5-10(8-21)16(23)22-15-4-2-12(18)7-14(15)20/h1-7H,(H,22,23). The number of nitrogens with one attached hydrogen (secondary N) is 1. The monoisotopic (exact) mass is 320 g/mol. The fourth-order valence-corrected chi connectivity index (χ4v) is 1.71. The largest absolute Gasteiger partial charge is 0.319 e. The minimum atomic E-state index is -1.04. The maximum Gasteiger partial charge on any atom is 0.266 e. The number of carbonyl (C=O) groups excluding carboxylic acids is 1. The van der Waals surface area contributed by atoms with Crippen LogP contribution in [0.4, 0.5) is 23.2 Å². The molecule has 0 bridgehead atoms. The van der Waals surface area contributed by atoms with Crippen LogP contribution in [-0.4, -0.2) is 5.91 Å². The average Bonchev–Trinajstić information content (AvgIpc) is 2.50. The van der Waals surface area contributed by atoms with Crippen molar-refractivity contribution in [3.63, 3.8) is 0 Å². The molecule has 0 atom stereocenters. The molecule has 1 N–H and O–H groups in total. The third kappa shape index (κ3) is 3.95. The number of rotatable bonds is 3. The smallest absolute Gasteiger partial charge is 0.266 e. The van der Waals surface area contributed by atoms with Crippen LogP contribution in [0.1, 0.15) is 5.56 Å². The van der Waals surface area contributed by atoms with Gasteiger partial charge in [0.1, 0.15) is 34.9 Å². The van der Waals surface area contributed by atoms with Crippen molar-refractivity contribution < 1.29 is 22.4 Å². The Kier molecular flexibility index (Phi) is 4.76. The van der Waals surface area contributed by atoms with E-state index in [9.17, 15) is 22.4 Å². The normalized spacial score (nSPS) is 11.0. The third-order valence-electron chi connectivity index (χ3n) is 2.80. The van der Waals surface area contributed by atoms with E-state index < -0.39 is 34.7 Å². The lowest BCUT2D eigenvalue weighted by Gasteiger charge is -2.06. The van der Waals surface area contributed by atoms with Crippen LogP contribution in [0.15, 0.2) is 42.0 Å². The van der Waals surface area contributed by atoms with Crippen molar-refractivity contribution in [3.8, 4) is 6.07 Å². The van der Waals surface area contributed by atoms with Crippen molar-refractivity contribution >= 4 is 17.7 Å². The fraction of sp³-hybridized carbons (Fsp3) is 0. The highest BCUT2D eigenvalue weighted by atomic mass is 19.1. The van der Waals surface area contributed by atoms with Crippen molar-refractivity contribution in [2.45, 2.75) is 0 Å². The summed E-state index contributed by atoms with van der Waals surface area (Å²) in [5.74, 6) is -4.49. The van der Waals surface area contributed by atoms with Crippen molar-refractivity contribution in [2.24, 2.45) is 0 Å². The molecule has 0 fully saturated rings. The highest BCUT2D eigenvalue weighted by molar-refractivity contribution is 6.09. The lowest BCUT2D eigenvalue weighted by molar-refractivity contribution is -0.112. The van der Waals surface area contributed by atoms with Crippen LogP contribution < -0.4 is 5.32 Å². The van der Waals surface area contributed by atoms with E-state index >= 15 is 0 Å². The second-order valence-electron chi connectivity index (χ2n) is 4.41. The molecule has 2 rings (SSSR count). The molecule has 0 radical (unpaired) electrons. The highest BCUT2D eigenvalue weighted by Gasteiger charge is 2.14. The minimum Gasteiger partial charge on any atom is -0.319 e. The SMILES string of the molecule is N#CC(=Cc1cc(F)ccc1F)C(=O)Nc1ccc(F)cc1F. The van der Waals surface area contributed by atoms with Gasteiger partial charge in [0, 0.05) is 11.6 Å². The lowest BCUT2D eigenvalue weighted by atomic mass is 10.1. The van der Waals surface area contributed by atoms with Crippen molar-refractivity contribution in [2.75, 3.05) is 5.32 Å². The van der Waals surface area contributed by atoms with Crippen LogP contribution in [-0.2, 0) is 4.79 Å². The number of benzene rings is 2. The van der Waals surface area contributed by atoms with Gasteiger partial charge in [-0.1, -0.05) is 0 Å². The van der Waals surface area contributed by atoms with E-state index in [4.69, 9.17) is 5.26 Å². The zero-order chi connectivity index (χ0) is 17.0. The van der Waals surface area contributed by atoms with Gasteiger partial charge in [0.05, 0.1) is 5.69 Å². The average molecular weight is 320 g/mol. The Morgan fingerprint density at radius 3 is 2.30 bits per heavy atom. The van der Waals surface area contributed by atoms with E-state index in [1.165, 1.54) is 6.07 Å². The van der Waals surface area contributed by atoms with Crippen molar-refractivity contribution in [1.29, 1.82) is 5.26 Å². The molecule has 0 aliphatic heterocycles. The lowest BCUT2D eigenvalue weighted by Crippen LogP contribution is -2.14. The molecular formula is C16H8F4N2O. The number of hydrogen-bond donors (Lipinski definition) is 1. The maximum absolute atomic E-state index is 13.5. The van der Waals surface area contributed by atoms with Crippen molar-refractivity contribution in [3.05, 3.63) is 70.8 Å². The Hall–Kier alpha value is -3.14. The second-order valence-corrected chi connectivity index (χ2v) is 4.41. The maximum atomic E-state index is 13.5. The quantitative estimate of drug-likeness (QED) is 0.531. The van der Waals surface area contributed by atoms with Gasteiger partial charge in [-0.3, -0.25) is 4.79 Å². The number of halogens is 4. The minimum absolute atomic E-state index is 0.309. The summed E-state index contributed by atoms with van der Waals surface area (Å²) in [6, 6.07) is 6.48. The molecule has 3 nitrogen and oxygen atoms in total. The first kappa shape index (κ1) is 16.2. The zero-order valence-corrected chi connectivity index (χ0v) is 11.4. The molecule has 116 valence electrons. The summed E-state index contributed by atoms with van der Waals surface area (Å²) in [6.45, 7) is 0. The van der Waals surface area contributed by atoms with Crippen LogP contribution >= 0.6 is 0 Å². The van der Waals surface area contributed by atoms with Crippen LogP contribution in [0.25, 0.3) is 6.08 Å². The van der Waals surface area contributed by atoms with E-state index in [1.54, 1.807) is 0 Å². The molecule has 0 unspecified atom stereocenters. The summed E-state index contributed by atoms with van der Waals surface area (Å²) in [4.78, 5) is 11.9. The van der Waals surface area contributed by atoms with Crippen LogP contribution in [0.3, 0.4) is 0 Å². The number of nitriles is 1. The molecule has 0 spiro atoms. The molecule has 0 heterocycles. The van der Waals surface area contributed by atoms with E-state index in [0.717, 1.165) is 36.4 Å². The number of nitrogens with zero attached hydrogens (tertiary/aromatic N) is 1. The van der Waals surface area contributed by atoms with Crippen molar-refractivity contribution in [1.82, 2.24) is 0 Å². The molecule has 2 aromatic carbocycles. The van der Waals surface area contributed by atoms with Gasteiger partial charge in [-0.2, -0.15) is 5.26 Å². The number of carbonyl (C=O) groups is 1. The molecule has 0 aliphatic carbocycles. The first-order valence-electron chi connectivity index (χ1n) is 6.24. The van der Waals surface area contributed by atoms with Gasteiger partial charge in [-0.25, -0.2) is 17.6 Å². The first-order valence-corrected chi connectivity index (χ1v) is 6.24. The molecule has 7 heteroatoms. The molecule has 0 saturated carbocycles. The summed E-state index contributed by atoms with van der Waals surface area (Å²) < 4.78 is 52.8. The van der Waals surface area contributed by atoms with E-state index in [1.807, 2.05) is 0 Å². The van der Waals surface area contributed by atoms with Crippen LogP contribution in [0, 0.1) is 34.6 Å². The highest BCUT2D eigenvalue weighted by Crippen LogP contribution is 2.18. The topological polar surface area (TPSA) is 52.9 Å². The number of anilines is 1. The Morgan fingerprint density at radius 1 is 1.00 bits per heavy atom. The zero-order valence-electron chi connectivity index (χ0n) is 11.4.